The Morgan fingerprint density at radius 2 is 1.50 bits per heavy atom. The molecule has 0 fully saturated rings. The van der Waals surface area contributed by atoms with E-state index in [4.69, 9.17) is 9.47 Å². The highest BCUT2D eigenvalue weighted by Crippen LogP contribution is 2.23. The van der Waals surface area contributed by atoms with Gasteiger partial charge in [0.2, 0.25) is 5.54 Å². The van der Waals surface area contributed by atoms with Crippen LogP contribution in [0.25, 0.3) is 0 Å². The van der Waals surface area contributed by atoms with Crippen LogP contribution >= 0.6 is 0 Å². The first kappa shape index (κ1) is 18.1. The Morgan fingerprint density at radius 3 is 1.86 bits per heavy atom. The standard InChI is InChI=1S/C16H22FNO4/c1-5-21-14(19)16(18(3)4,15(20)22-6-2)11-12-7-9-13(17)10-8-12/h7-10H,5-6,11H2,1-4H3. The van der Waals surface area contributed by atoms with Crippen LogP contribution in [0.3, 0.4) is 0 Å². The minimum atomic E-state index is -1.59. The molecule has 0 aromatic heterocycles. The quantitative estimate of drug-likeness (QED) is 0.568. The Hall–Kier alpha value is -1.95. The number of carbonyl (C=O) groups is 2. The van der Waals surface area contributed by atoms with Gasteiger partial charge in [-0.05, 0) is 45.6 Å². The second-order valence-electron chi connectivity index (χ2n) is 5.00. The lowest BCUT2D eigenvalue weighted by Crippen LogP contribution is -2.60. The maximum atomic E-state index is 13.0. The molecule has 0 N–H and O–H groups in total. The molecule has 6 heteroatoms. The van der Waals surface area contributed by atoms with E-state index in [0.717, 1.165) is 0 Å². The van der Waals surface area contributed by atoms with Gasteiger partial charge in [-0.2, -0.15) is 0 Å². The van der Waals surface area contributed by atoms with Crippen molar-refractivity contribution in [3.63, 3.8) is 0 Å². The number of nitrogens with zero attached hydrogens (tertiary/aromatic N) is 1. The Bertz CT molecular complexity index is 495. The summed E-state index contributed by atoms with van der Waals surface area (Å²) in [4.78, 5) is 26.4. The predicted octanol–water partition coefficient (Wildman–Crippen LogP) is 1.79. The van der Waals surface area contributed by atoms with E-state index in [9.17, 15) is 14.0 Å². The molecule has 0 unspecified atom stereocenters. The first-order chi connectivity index (χ1) is 10.4. The summed E-state index contributed by atoms with van der Waals surface area (Å²) in [6.45, 7) is 3.64. The van der Waals surface area contributed by atoms with Crippen LogP contribution in [0.1, 0.15) is 19.4 Å². The fourth-order valence-electron chi connectivity index (χ4n) is 2.15. The van der Waals surface area contributed by atoms with Crippen molar-refractivity contribution in [2.24, 2.45) is 0 Å². The second kappa shape index (κ2) is 7.89. The van der Waals surface area contributed by atoms with Crippen molar-refractivity contribution in [1.29, 1.82) is 0 Å². The highest BCUT2D eigenvalue weighted by molar-refractivity contribution is 6.05. The highest BCUT2D eigenvalue weighted by atomic mass is 19.1. The van der Waals surface area contributed by atoms with Gasteiger partial charge in [0.05, 0.1) is 13.2 Å². The molecule has 1 aromatic carbocycles. The Balaban J connectivity index is 3.25. The van der Waals surface area contributed by atoms with E-state index in [0.29, 0.717) is 5.56 Å². The maximum absolute atomic E-state index is 13.0. The number of carbonyl (C=O) groups excluding carboxylic acids is 2. The van der Waals surface area contributed by atoms with Gasteiger partial charge < -0.3 is 9.47 Å². The number of halogens is 1. The average molecular weight is 311 g/mol. The molecule has 0 saturated heterocycles. The fraction of sp³-hybridized carbons (Fsp3) is 0.500. The molecule has 0 heterocycles. The molecule has 122 valence electrons. The summed E-state index contributed by atoms with van der Waals surface area (Å²) in [5.41, 5.74) is -0.958. The third kappa shape index (κ3) is 3.82. The van der Waals surface area contributed by atoms with Crippen LogP contribution in [0.2, 0.25) is 0 Å². The summed E-state index contributed by atoms with van der Waals surface area (Å²) in [6, 6.07) is 5.64. The van der Waals surface area contributed by atoms with Gasteiger partial charge in [0, 0.05) is 6.42 Å². The van der Waals surface area contributed by atoms with Crippen molar-refractivity contribution in [3.8, 4) is 0 Å². The molecule has 0 aliphatic carbocycles. The van der Waals surface area contributed by atoms with Crippen LogP contribution in [0.4, 0.5) is 4.39 Å². The third-order valence-corrected chi connectivity index (χ3v) is 3.36. The molecule has 5 nitrogen and oxygen atoms in total. The van der Waals surface area contributed by atoms with Gasteiger partial charge in [-0.1, -0.05) is 12.1 Å². The number of esters is 2. The van der Waals surface area contributed by atoms with Crippen molar-refractivity contribution in [2.45, 2.75) is 25.8 Å². The van der Waals surface area contributed by atoms with E-state index in [1.165, 1.54) is 29.2 Å². The molecule has 0 spiro atoms. The molecule has 22 heavy (non-hydrogen) atoms. The van der Waals surface area contributed by atoms with Gasteiger partial charge in [0.25, 0.3) is 0 Å². The minimum Gasteiger partial charge on any atom is -0.464 e. The summed E-state index contributed by atoms with van der Waals surface area (Å²) in [5.74, 6) is -1.74. The van der Waals surface area contributed by atoms with Crippen LogP contribution in [0.15, 0.2) is 24.3 Å². The number of hydrogen-bond acceptors (Lipinski definition) is 5. The largest absolute Gasteiger partial charge is 0.464 e. The summed E-state index contributed by atoms with van der Waals surface area (Å²) in [5, 5.41) is 0. The normalized spacial score (nSPS) is 11.4. The van der Waals surface area contributed by atoms with E-state index in [-0.39, 0.29) is 25.5 Å². The van der Waals surface area contributed by atoms with Crippen LogP contribution in [0, 0.1) is 5.82 Å². The molecule has 1 rings (SSSR count). The maximum Gasteiger partial charge on any atom is 0.338 e. The van der Waals surface area contributed by atoms with E-state index >= 15 is 0 Å². The van der Waals surface area contributed by atoms with Crippen molar-refractivity contribution in [2.75, 3.05) is 27.3 Å². The van der Waals surface area contributed by atoms with Crippen LogP contribution in [-0.4, -0.2) is 49.7 Å². The van der Waals surface area contributed by atoms with Gasteiger partial charge >= 0.3 is 11.9 Å². The average Bonchev–Trinajstić information content (AvgIpc) is 2.46. The van der Waals surface area contributed by atoms with Crippen molar-refractivity contribution in [1.82, 2.24) is 4.90 Å². The minimum absolute atomic E-state index is 0.0396. The Labute approximate surface area is 130 Å². The zero-order valence-corrected chi connectivity index (χ0v) is 13.4. The van der Waals surface area contributed by atoms with Gasteiger partial charge in [0.1, 0.15) is 5.82 Å². The molecule has 0 radical (unpaired) electrons. The summed E-state index contributed by atoms with van der Waals surface area (Å²) >= 11 is 0. The first-order valence-electron chi connectivity index (χ1n) is 7.14. The molecule has 0 bridgehead atoms. The molecule has 0 amide bonds. The molecule has 0 saturated carbocycles. The van der Waals surface area contributed by atoms with Crippen LogP contribution in [0.5, 0.6) is 0 Å². The highest BCUT2D eigenvalue weighted by Gasteiger charge is 2.51. The van der Waals surface area contributed by atoms with Crippen molar-refractivity contribution in [3.05, 3.63) is 35.6 Å². The first-order valence-corrected chi connectivity index (χ1v) is 7.14. The summed E-state index contributed by atoms with van der Waals surface area (Å²) < 4.78 is 23.2. The van der Waals surface area contributed by atoms with Gasteiger partial charge in [0.15, 0.2) is 0 Å². The van der Waals surface area contributed by atoms with E-state index in [1.54, 1.807) is 27.9 Å². The van der Waals surface area contributed by atoms with Gasteiger partial charge in [-0.3, -0.25) is 4.90 Å². The Morgan fingerprint density at radius 1 is 1.05 bits per heavy atom. The molecular formula is C16H22FNO4. The third-order valence-electron chi connectivity index (χ3n) is 3.36. The van der Waals surface area contributed by atoms with Gasteiger partial charge in [-0.25, -0.2) is 14.0 Å². The van der Waals surface area contributed by atoms with Crippen molar-refractivity contribution < 1.29 is 23.5 Å². The predicted molar refractivity (Wildman–Crippen MR) is 79.8 cm³/mol. The lowest BCUT2D eigenvalue weighted by Gasteiger charge is -2.35. The Kier molecular flexibility index (Phi) is 6.49. The molecular weight excluding hydrogens is 289 g/mol. The number of likely N-dealkylation sites (N-methyl/N-ethyl adjacent to an activating group) is 1. The molecule has 0 atom stereocenters. The van der Waals surface area contributed by atoms with E-state index in [2.05, 4.69) is 0 Å². The van der Waals surface area contributed by atoms with Crippen LogP contribution < -0.4 is 0 Å². The van der Waals surface area contributed by atoms with E-state index in [1.807, 2.05) is 0 Å². The van der Waals surface area contributed by atoms with E-state index < -0.39 is 17.5 Å². The topological polar surface area (TPSA) is 55.8 Å². The number of ether oxygens (including phenoxy) is 2. The zero-order chi connectivity index (χ0) is 16.8. The lowest BCUT2D eigenvalue weighted by molar-refractivity contribution is -0.173. The smallest absolute Gasteiger partial charge is 0.338 e. The second-order valence-corrected chi connectivity index (χ2v) is 5.00. The number of hydrogen-bond donors (Lipinski definition) is 0. The number of benzene rings is 1. The zero-order valence-electron chi connectivity index (χ0n) is 13.4. The summed E-state index contributed by atoms with van der Waals surface area (Å²) in [7, 11) is 3.22. The number of rotatable bonds is 7. The monoisotopic (exact) mass is 311 g/mol. The lowest BCUT2D eigenvalue weighted by atomic mass is 9.89. The molecule has 1 aromatic rings. The van der Waals surface area contributed by atoms with Gasteiger partial charge in [-0.15, -0.1) is 0 Å². The summed E-state index contributed by atoms with van der Waals surface area (Å²) in [6.07, 6.45) is 0.0396. The fourth-order valence-corrected chi connectivity index (χ4v) is 2.15. The molecule has 0 aliphatic rings. The van der Waals surface area contributed by atoms with Crippen molar-refractivity contribution >= 4 is 11.9 Å². The van der Waals surface area contributed by atoms with Crippen LogP contribution in [-0.2, 0) is 25.5 Å². The molecule has 0 aliphatic heterocycles. The SMILES string of the molecule is CCOC(=O)C(Cc1ccc(F)cc1)(C(=O)OCC)N(C)C.